The fourth-order valence-electron chi connectivity index (χ4n) is 2.20. The third kappa shape index (κ3) is 5.74. The van der Waals surface area contributed by atoms with Crippen molar-refractivity contribution in [2.75, 3.05) is 0 Å². The van der Waals surface area contributed by atoms with Crippen LogP contribution in [0.4, 0.5) is 0 Å². The van der Waals surface area contributed by atoms with Gasteiger partial charge in [0, 0.05) is 5.56 Å². The Morgan fingerprint density at radius 2 is 2.05 bits per heavy atom. The average Bonchev–Trinajstić information content (AvgIpc) is 2.42. The van der Waals surface area contributed by atoms with Crippen LogP contribution >= 0.6 is 0 Å². The van der Waals surface area contributed by atoms with Gasteiger partial charge in [0.25, 0.3) is 0 Å². The van der Waals surface area contributed by atoms with E-state index in [0.29, 0.717) is 12.7 Å². The number of nitrogens with two attached hydrogens (primary N) is 1. The van der Waals surface area contributed by atoms with E-state index >= 15 is 0 Å². The number of hydrogen-bond acceptors (Lipinski definition) is 2. The minimum Gasteiger partial charge on any atom is -0.384 e. The largest absolute Gasteiger partial charge is 0.384 e. The summed E-state index contributed by atoms with van der Waals surface area (Å²) in [5.41, 5.74) is 8.57. The lowest BCUT2D eigenvalue weighted by atomic mass is 10.0. The lowest BCUT2D eigenvalue weighted by Crippen LogP contribution is -2.12. The van der Waals surface area contributed by atoms with Crippen LogP contribution in [0.5, 0.6) is 0 Å². The molecule has 1 unspecified atom stereocenters. The predicted octanol–water partition coefficient (Wildman–Crippen LogP) is 4.15. The summed E-state index contributed by atoms with van der Waals surface area (Å²) < 4.78 is 5.90. The van der Waals surface area contributed by atoms with Crippen LogP contribution in [-0.2, 0) is 11.3 Å². The molecule has 0 heterocycles. The lowest BCUT2D eigenvalue weighted by Gasteiger charge is -2.14. The highest BCUT2D eigenvalue weighted by Crippen LogP contribution is 2.15. The monoisotopic (exact) mass is 276 g/mol. The Morgan fingerprint density at radius 3 is 2.65 bits per heavy atom. The second-order valence-electron chi connectivity index (χ2n) is 5.53. The summed E-state index contributed by atoms with van der Waals surface area (Å²) in [4.78, 5) is 0. The summed E-state index contributed by atoms with van der Waals surface area (Å²) in [5, 5.41) is 7.43. The summed E-state index contributed by atoms with van der Waals surface area (Å²) in [6, 6.07) is 5.85. The first-order valence-electron chi connectivity index (χ1n) is 7.60. The van der Waals surface area contributed by atoms with Crippen molar-refractivity contribution in [1.29, 1.82) is 5.41 Å². The molecule has 0 saturated heterocycles. The number of aryl methyl sites for hydroxylation is 1. The van der Waals surface area contributed by atoms with Gasteiger partial charge in [-0.05, 0) is 37.5 Å². The van der Waals surface area contributed by atoms with Crippen LogP contribution in [0, 0.1) is 12.3 Å². The SMILES string of the molecule is CCCCCCC(C)OCc1ccc(C(=N)N)cc1C. The molecule has 0 fully saturated rings. The van der Waals surface area contributed by atoms with Gasteiger partial charge in [0.15, 0.2) is 0 Å². The van der Waals surface area contributed by atoms with E-state index in [1.165, 1.54) is 31.2 Å². The molecule has 1 atom stereocenters. The summed E-state index contributed by atoms with van der Waals surface area (Å²) in [5.74, 6) is 0.116. The van der Waals surface area contributed by atoms with Crippen molar-refractivity contribution in [3.63, 3.8) is 0 Å². The first-order valence-corrected chi connectivity index (χ1v) is 7.60. The third-order valence-electron chi connectivity index (χ3n) is 3.64. The Bertz CT molecular complexity index is 429. The van der Waals surface area contributed by atoms with Crippen molar-refractivity contribution in [1.82, 2.24) is 0 Å². The number of nitrogens with one attached hydrogen (secondary N) is 1. The van der Waals surface area contributed by atoms with Crippen molar-refractivity contribution in [3.8, 4) is 0 Å². The first-order chi connectivity index (χ1) is 9.54. The number of hydrogen-bond donors (Lipinski definition) is 2. The van der Waals surface area contributed by atoms with Gasteiger partial charge in [-0.1, -0.05) is 44.7 Å². The maximum atomic E-state index is 7.43. The summed E-state index contributed by atoms with van der Waals surface area (Å²) in [6.45, 7) is 7.05. The van der Waals surface area contributed by atoms with Crippen LogP contribution in [0.25, 0.3) is 0 Å². The van der Waals surface area contributed by atoms with Gasteiger partial charge in [0.2, 0.25) is 0 Å². The van der Waals surface area contributed by atoms with Crippen LogP contribution < -0.4 is 5.73 Å². The molecule has 3 N–H and O–H groups in total. The first kappa shape index (κ1) is 16.7. The van der Waals surface area contributed by atoms with E-state index in [1.54, 1.807) is 0 Å². The van der Waals surface area contributed by atoms with Crippen molar-refractivity contribution < 1.29 is 4.74 Å². The molecule has 0 aliphatic carbocycles. The Balaban J connectivity index is 2.39. The molecule has 3 nitrogen and oxygen atoms in total. The molecule has 3 heteroatoms. The quantitative estimate of drug-likeness (QED) is 0.404. The molecule has 0 bridgehead atoms. The Morgan fingerprint density at radius 1 is 1.30 bits per heavy atom. The zero-order chi connectivity index (χ0) is 15.0. The molecular weight excluding hydrogens is 248 g/mol. The van der Waals surface area contributed by atoms with Gasteiger partial charge in [-0.25, -0.2) is 0 Å². The fraction of sp³-hybridized carbons (Fsp3) is 0.588. The Labute approximate surface area is 123 Å². The highest BCUT2D eigenvalue weighted by atomic mass is 16.5. The number of nitrogen functional groups attached to an aromatic ring is 1. The van der Waals surface area contributed by atoms with Crippen LogP contribution in [-0.4, -0.2) is 11.9 Å². The number of rotatable bonds is 9. The van der Waals surface area contributed by atoms with Gasteiger partial charge in [-0.2, -0.15) is 0 Å². The van der Waals surface area contributed by atoms with Crippen molar-refractivity contribution >= 4 is 5.84 Å². The molecule has 112 valence electrons. The molecular formula is C17H28N2O. The predicted molar refractivity (Wildman–Crippen MR) is 85.2 cm³/mol. The number of benzene rings is 1. The molecule has 0 spiro atoms. The normalized spacial score (nSPS) is 12.3. The van der Waals surface area contributed by atoms with E-state index in [-0.39, 0.29) is 5.84 Å². The van der Waals surface area contributed by atoms with Crippen LogP contribution in [0.3, 0.4) is 0 Å². The average molecular weight is 276 g/mol. The van der Waals surface area contributed by atoms with Gasteiger partial charge in [0.1, 0.15) is 5.84 Å². The highest BCUT2D eigenvalue weighted by Gasteiger charge is 2.06. The summed E-state index contributed by atoms with van der Waals surface area (Å²) >= 11 is 0. The molecule has 0 saturated carbocycles. The fourth-order valence-corrected chi connectivity index (χ4v) is 2.20. The standard InChI is InChI=1S/C17H28N2O/c1-4-5-6-7-8-14(3)20-12-16-10-9-15(17(18)19)11-13(16)2/h9-11,14H,4-8,12H2,1-3H3,(H3,18,19). The smallest absolute Gasteiger partial charge is 0.122 e. The molecule has 0 aromatic heterocycles. The van der Waals surface area contributed by atoms with E-state index < -0.39 is 0 Å². The van der Waals surface area contributed by atoms with Gasteiger partial charge in [0.05, 0.1) is 12.7 Å². The molecule has 20 heavy (non-hydrogen) atoms. The van der Waals surface area contributed by atoms with Crippen LogP contribution in [0.1, 0.15) is 62.6 Å². The summed E-state index contributed by atoms with van der Waals surface area (Å²) in [6.07, 6.45) is 6.58. The van der Waals surface area contributed by atoms with Gasteiger partial charge >= 0.3 is 0 Å². The van der Waals surface area contributed by atoms with Gasteiger partial charge < -0.3 is 10.5 Å². The molecule has 0 radical (unpaired) electrons. The topological polar surface area (TPSA) is 59.1 Å². The zero-order valence-corrected chi connectivity index (χ0v) is 13.0. The third-order valence-corrected chi connectivity index (χ3v) is 3.64. The number of unbranched alkanes of at least 4 members (excludes halogenated alkanes) is 3. The van der Waals surface area contributed by atoms with E-state index in [2.05, 4.69) is 13.8 Å². The zero-order valence-electron chi connectivity index (χ0n) is 13.0. The van der Waals surface area contributed by atoms with E-state index in [9.17, 15) is 0 Å². The second kappa shape index (κ2) is 8.75. The number of amidine groups is 1. The minimum absolute atomic E-state index is 0.116. The van der Waals surface area contributed by atoms with Crippen molar-refractivity contribution in [2.45, 2.75) is 65.6 Å². The number of ether oxygens (including phenoxy) is 1. The Hall–Kier alpha value is -1.35. The molecule has 1 rings (SSSR count). The highest BCUT2D eigenvalue weighted by molar-refractivity contribution is 5.95. The molecule has 0 aliphatic heterocycles. The van der Waals surface area contributed by atoms with Crippen molar-refractivity contribution in [2.24, 2.45) is 5.73 Å². The molecule has 0 aliphatic rings. The second-order valence-corrected chi connectivity index (χ2v) is 5.53. The summed E-state index contributed by atoms with van der Waals surface area (Å²) in [7, 11) is 0. The van der Waals surface area contributed by atoms with Gasteiger partial charge in [-0.3, -0.25) is 5.41 Å². The molecule has 0 amide bonds. The van der Waals surface area contributed by atoms with E-state index in [4.69, 9.17) is 15.9 Å². The Kier molecular flexibility index (Phi) is 7.31. The van der Waals surface area contributed by atoms with Gasteiger partial charge in [-0.15, -0.1) is 0 Å². The maximum Gasteiger partial charge on any atom is 0.122 e. The minimum atomic E-state index is 0.116. The molecule has 1 aromatic rings. The van der Waals surface area contributed by atoms with Crippen molar-refractivity contribution in [3.05, 3.63) is 34.9 Å². The maximum absolute atomic E-state index is 7.43. The van der Waals surface area contributed by atoms with Crippen LogP contribution in [0.15, 0.2) is 18.2 Å². The lowest BCUT2D eigenvalue weighted by molar-refractivity contribution is 0.0456. The van der Waals surface area contributed by atoms with E-state index in [0.717, 1.165) is 17.5 Å². The van der Waals surface area contributed by atoms with Crippen LogP contribution in [0.2, 0.25) is 0 Å². The molecule has 1 aromatic carbocycles. The van der Waals surface area contributed by atoms with E-state index in [1.807, 2.05) is 25.1 Å².